The number of hydrogen-bond donors (Lipinski definition) is 1. The molecule has 1 atom stereocenters. The van der Waals surface area contributed by atoms with Gasteiger partial charge in [0.15, 0.2) is 5.58 Å². The highest BCUT2D eigenvalue weighted by molar-refractivity contribution is 5.87. The second-order valence-corrected chi connectivity index (χ2v) is 8.63. The molecule has 1 aromatic carbocycles. The third-order valence-corrected chi connectivity index (χ3v) is 6.69. The number of benzene rings is 1. The van der Waals surface area contributed by atoms with Crippen molar-refractivity contribution in [3.63, 3.8) is 0 Å². The molecule has 160 valence electrons. The monoisotopic (exact) mass is 411 g/mol. The molecular formula is C22H29N5O3. The molecule has 0 bridgehead atoms. The fourth-order valence-corrected chi connectivity index (χ4v) is 5.04. The normalized spacial score (nSPS) is 24.3. The molecule has 3 saturated heterocycles. The van der Waals surface area contributed by atoms with E-state index in [0.717, 1.165) is 63.0 Å². The number of piperidine rings is 2. The van der Waals surface area contributed by atoms with Crippen LogP contribution in [-0.2, 0) is 9.59 Å². The smallest absolute Gasteiger partial charge is 0.298 e. The Hall–Kier alpha value is -2.61. The van der Waals surface area contributed by atoms with Crippen LogP contribution < -0.4 is 10.2 Å². The van der Waals surface area contributed by atoms with Gasteiger partial charge in [-0.1, -0.05) is 12.1 Å². The second-order valence-electron chi connectivity index (χ2n) is 8.63. The average molecular weight is 412 g/mol. The predicted octanol–water partition coefficient (Wildman–Crippen LogP) is 1.47. The van der Waals surface area contributed by atoms with Gasteiger partial charge in [-0.2, -0.15) is 4.98 Å². The van der Waals surface area contributed by atoms with Gasteiger partial charge in [-0.25, -0.2) is 0 Å². The lowest BCUT2D eigenvalue weighted by Crippen LogP contribution is -2.55. The molecule has 30 heavy (non-hydrogen) atoms. The summed E-state index contributed by atoms with van der Waals surface area (Å²) < 4.78 is 5.93. The highest BCUT2D eigenvalue weighted by Crippen LogP contribution is 2.28. The lowest BCUT2D eigenvalue weighted by molar-refractivity contribution is -0.143. The number of hydrogen-bond acceptors (Lipinski definition) is 6. The molecule has 3 aliphatic rings. The van der Waals surface area contributed by atoms with Gasteiger partial charge in [0, 0.05) is 38.8 Å². The minimum absolute atomic E-state index is 0.0136. The van der Waals surface area contributed by atoms with E-state index in [-0.39, 0.29) is 24.3 Å². The number of carbonyl (C=O) groups is 2. The highest BCUT2D eigenvalue weighted by atomic mass is 16.4. The van der Waals surface area contributed by atoms with Gasteiger partial charge in [0.2, 0.25) is 11.8 Å². The summed E-state index contributed by atoms with van der Waals surface area (Å²) in [4.78, 5) is 35.7. The van der Waals surface area contributed by atoms with Crippen LogP contribution in [0.4, 0.5) is 6.01 Å². The Labute approximate surface area is 176 Å². The largest absolute Gasteiger partial charge is 0.423 e. The number of nitrogens with one attached hydrogen (secondary N) is 1. The summed E-state index contributed by atoms with van der Waals surface area (Å²) in [6, 6.07) is 9.08. The van der Waals surface area contributed by atoms with Crippen molar-refractivity contribution >= 4 is 28.9 Å². The molecule has 0 saturated carbocycles. The quantitative estimate of drug-likeness (QED) is 0.824. The maximum absolute atomic E-state index is 12.9. The van der Waals surface area contributed by atoms with E-state index in [2.05, 4.69) is 20.1 Å². The summed E-state index contributed by atoms with van der Waals surface area (Å²) in [6.07, 6.45) is 4.06. The molecule has 5 rings (SSSR count). The molecule has 3 fully saturated rings. The number of likely N-dealkylation sites (tertiary alicyclic amines) is 1. The fourth-order valence-electron chi connectivity index (χ4n) is 5.04. The number of aromatic nitrogens is 1. The number of nitrogens with zero attached hydrogens (tertiary/aromatic N) is 4. The minimum Gasteiger partial charge on any atom is -0.423 e. The topological polar surface area (TPSA) is 81.9 Å². The molecule has 2 amide bonds. The SMILES string of the molecule is O=C1CN(C(=O)[C@H]2CCCN(C3CCN(c4nc5ccccc5o4)CC3)C2)CCN1. The van der Waals surface area contributed by atoms with E-state index in [1.54, 1.807) is 4.90 Å². The van der Waals surface area contributed by atoms with Crippen molar-refractivity contribution < 1.29 is 14.0 Å². The van der Waals surface area contributed by atoms with Crippen LogP contribution in [-0.4, -0.2) is 78.5 Å². The maximum atomic E-state index is 12.9. The maximum Gasteiger partial charge on any atom is 0.298 e. The lowest BCUT2D eigenvalue weighted by Gasteiger charge is -2.42. The van der Waals surface area contributed by atoms with Gasteiger partial charge >= 0.3 is 0 Å². The first-order valence-electron chi connectivity index (χ1n) is 11.1. The van der Waals surface area contributed by atoms with E-state index in [4.69, 9.17) is 4.42 Å². The summed E-state index contributed by atoms with van der Waals surface area (Å²) in [7, 11) is 0. The molecular weight excluding hydrogens is 382 g/mol. The van der Waals surface area contributed by atoms with Crippen molar-refractivity contribution in [2.45, 2.75) is 31.7 Å². The molecule has 0 unspecified atom stereocenters. The van der Waals surface area contributed by atoms with E-state index < -0.39 is 0 Å². The number of fused-ring (bicyclic) bond motifs is 1. The Kier molecular flexibility index (Phi) is 5.33. The summed E-state index contributed by atoms with van der Waals surface area (Å²) >= 11 is 0. The Balaban J connectivity index is 1.17. The van der Waals surface area contributed by atoms with Gasteiger partial charge in [0.1, 0.15) is 5.52 Å². The Morgan fingerprint density at radius 1 is 1.10 bits per heavy atom. The third kappa shape index (κ3) is 3.88. The van der Waals surface area contributed by atoms with Crippen molar-refractivity contribution in [2.24, 2.45) is 5.92 Å². The van der Waals surface area contributed by atoms with Crippen molar-refractivity contribution in [1.29, 1.82) is 0 Å². The van der Waals surface area contributed by atoms with Crippen molar-refractivity contribution in [1.82, 2.24) is 20.1 Å². The van der Waals surface area contributed by atoms with Crippen LogP contribution in [0, 0.1) is 5.92 Å². The van der Waals surface area contributed by atoms with E-state index in [0.29, 0.717) is 25.1 Å². The van der Waals surface area contributed by atoms with Crippen molar-refractivity contribution in [3.8, 4) is 0 Å². The molecule has 8 nitrogen and oxygen atoms in total. The molecule has 0 spiro atoms. The molecule has 2 aromatic rings. The van der Waals surface area contributed by atoms with Crippen LogP contribution in [0.15, 0.2) is 28.7 Å². The number of oxazole rings is 1. The second kappa shape index (κ2) is 8.26. The highest BCUT2D eigenvalue weighted by Gasteiger charge is 2.35. The van der Waals surface area contributed by atoms with Gasteiger partial charge in [-0.15, -0.1) is 0 Å². The zero-order valence-electron chi connectivity index (χ0n) is 17.3. The number of amides is 2. The van der Waals surface area contributed by atoms with Crippen molar-refractivity contribution in [2.75, 3.05) is 50.7 Å². The molecule has 0 radical (unpaired) electrons. The summed E-state index contributed by atoms with van der Waals surface area (Å²) in [5.74, 6) is 0.118. The molecule has 8 heteroatoms. The summed E-state index contributed by atoms with van der Waals surface area (Å²) in [5, 5.41) is 2.80. The van der Waals surface area contributed by atoms with Crippen molar-refractivity contribution in [3.05, 3.63) is 24.3 Å². The minimum atomic E-state index is -0.0474. The molecule has 1 N–H and O–H groups in total. The third-order valence-electron chi connectivity index (χ3n) is 6.69. The standard InChI is InChI=1S/C22H29N5O3/c28-20-15-27(13-9-23-20)21(29)16-4-3-10-26(14-16)17-7-11-25(12-8-17)22-24-18-5-1-2-6-19(18)30-22/h1-2,5-6,16-17H,3-4,7-15H2,(H,23,28)/t16-/m0/s1. The summed E-state index contributed by atoms with van der Waals surface area (Å²) in [6.45, 7) is 5.09. The number of rotatable bonds is 3. The fraction of sp³-hybridized carbons (Fsp3) is 0.591. The zero-order chi connectivity index (χ0) is 20.5. The Bertz CT molecular complexity index is 887. The number of piperazine rings is 1. The van der Waals surface area contributed by atoms with Crippen LogP contribution >= 0.6 is 0 Å². The van der Waals surface area contributed by atoms with Gasteiger partial charge in [0.05, 0.1) is 12.5 Å². The van der Waals surface area contributed by atoms with E-state index in [9.17, 15) is 9.59 Å². The Morgan fingerprint density at radius 3 is 2.73 bits per heavy atom. The number of para-hydroxylation sites is 2. The van der Waals surface area contributed by atoms with Gasteiger partial charge < -0.3 is 19.5 Å². The summed E-state index contributed by atoms with van der Waals surface area (Å²) in [5.41, 5.74) is 1.73. The van der Waals surface area contributed by atoms with Gasteiger partial charge in [-0.3, -0.25) is 14.5 Å². The van der Waals surface area contributed by atoms with Crippen LogP contribution in [0.1, 0.15) is 25.7 Å². The molecule has 0 aliphatic carbocycles. The number of carbonyl (C=O) groups excluding carboxylic acids is 2. The van der Waals surface area contributed by atoms with E-state index in [1.165, 1.54) is 0 Å². The Morgan fingerprint density at radius 2 is 1.93 bits per heavy atom. The van der Waals surface area contributed by atoms with Crippen LogP contribution in [0.25, 0.3) is 11.1 Å². The van der Waals surface area contributed by atoms with E-state index >= 15 is 0 Å². The predicted molar refractivity (Wildman–Crippen MR) is 113 cm³/mol. The first kappa shape index (κ1) is 19.4. The first-order valence-corrected chi connectivity index (χ1v) is 11.1. The molecule has 3 aliphatic heterocycles. The number of anilines is 1. The zero-order valence-corrected chi connectivity index (χ0v) is 17.3. The van der Waals surface area contributed by atoms with E-state index in [1.807, 2.05) is 24.3 Å². The molecule has 1 aromatic heterocycles. The lowest BCUT2D eigenvalue weighted by atomic mass is 9.92. The van der Waals surface area contributed by atoms with Crippen LogP contribution in [0.2, 0.25) is 0 Å². The average Bonchev–Trinajstić information content (AvgIpc) is 3.23. The first-order chi connectivity index (χ1) is 14.7. The van der Waals surface area contributed by atoms with Crippen LogP contribution in [0.5, 0.6) is 0 Å². The molecule has 4 heterocycles. The van der Waals surface area contributed by atoms with Crippen LogP contribution in [0.3, 0.4) is 0 Å². The van der Waals surface area contributed by atoms with Gasteiger partial charge in [0.25, 0.3) is 6.01 Å². The van der Waals surface area contributed by atoms with Gasteiger partial charge in [-0.05, 0) is 44.4 Å².